The monoisotopic (exact) mass is 406 g/mol. The maximum absolute atomic E-state index is 11.6. The van der Waals surface area contributed by atoms with Gasteiger partial charge in [0.25, 0.3) is 0 Å². The van der Waals surface area contributed by atoms with E-state index in [0.29, 0.717) is 12.5 Å². The van der Waals surface area contributed by atoms with Crippen LogP contribution in [0.3, 0.4) is 0 Å². The lowest BCUT2D eigenvalue weighted by molar-refractivity contribution is -0.135. The van der Waals surface area contributed by atoms with Crippen LogP contribution in [0.1, 0.15) is 0 Å². The SMILES string of the molecule is CS(=O)(=O)NC(=O)C(=O)Nc1cccc(NC(=O)C(=O)NS(C)(=O)=O)c1. The molecule has 0 heterocycles. The highest BCUT2D eigenvalue weighted by Crippen LogP contribution is 2.15. The zero-order chi connectivity index (χ0) is 20.1. The van der Waals surface area contributed by atoms with Crippen LogP contribution < -0.4 is 20.1 Å². The zero-order valence-corrected chi connectivity index (χ0v) is 15.0. The van der Waals surface area contributed by atoms with Crippen LogP contribution >= 0.6 is 0 Å². The van der Waals surface area contributed by atoms with Crippen LogP contribution in [0.15, 0.2) is 24.3 Å². The van der Waals surface area contributed by atoms with E-state index >= 15 is 0 Å². The summed E-state index contributed by atoms with van der Waals surface area (Å²) in [6.45, 7) is 0. The molecule has 1 aromatic rings. The average molecular weight is 406 g/mol. The first-order valence-electron chi connectivity index (χ1n) is 6.53. The summed E-state index contributed by atoms with van der Waals surface area (Å²) in [5.74, 6) is -5.41. The Kier molecular flexibility index (Phi) is 6.41. The number of carbonyl (C=O) groups is 4. The Morgan fingerprint density at radius 1 is 0.692 bits per heavy atom. The molecule has 0 aromatic heterocycles. The highest BCUT2D eigenvalue weighted by molar-refractivity contribution is 7.89. The molecule has 0 unspecified atom stereocenters. The number of rotatable bonds is 4. The van der Waals surface area contributed by atoms with E-state index < -0.39 is 43.7 Å². The van der Waals surface area contributed by atoms with E-state index in [-0.39, 0.29) is 11.4 Å². The second kappa shape index (κ2) is 7.92. The number of amides is 4. The van der Waals surface area contributed by atoms with Crippen LogP contribution in [-0.4, -0.2) is 53.0 Å². The van der Waals surface area contributed by atoms with Crippen molar-refractivity contribution in [2.75, 3.05) is 23.1 Å². The zero-order valence-electron chi connectivity index (χ0n) is 13.4. The van der Waals surface area contributed by atoms with Gasteiger partial charge in [-0.1, -0.05) is 6.07 Å². The average Bonchev–Trinajstić information content (AvgIpc) is 2.43. The molecule has 142 valence electrons. The van der Waals surface area contributed by atoms with Gasteiger partial charge in [0.1, 0.15) is 0 Å². The molecule has 4 N–H and O–H groups in total. The molecular formula is C12H14N4O8S2. The maximum Gasteiger partial charge on any atom is 0.323 e. The molecule has 0 bridgehead atoms. The van der Waals surface area contributed by atoms with Crippen LogP contribution in [0.4, 0.5) is 11.4 Å². The first-order valence-corrected chi connectivity index (χ1v) is 10.3. The number of hydrogen-bond acceptors (Lipinski definition) is 8. The smallest absolute Gasteiger partial charge is 0.318 e. The van der Waals surface area contributed by atoms with Crippen LogP contribution in [0.5, 0.6) is 0 Å². The van der Waals surface area contributed by atoms with Crippen molar-refractivity contribution in [2.45, 2.75) is 0 Å². The summed E-state index contributed by atoms with van der Waals surface area (Å²) in [5.41, 5.74) is -0.0000514. The maximum atomic E-state index is 11.6. The van der Waals surface area contributed by atoms with E-state index in [0.717, 1.165) is 6.07 Å². The summed E-state index contributed by atoms with van der Waals surface area (Å²) < 4.78 is 46.5. The van der Waals surface area contributed by atoms with E-state index in [2.05, 4.69) is 10.6 Å². The Balaban J connectivity index is 2.79. The van der Waals surface area contributed by atoms with Crippen molar-refractivity contribution in [2.24, 2.45) is 0 Å². The van der Waals surface area contributed by atoms with E-state index in [1.165, 1.54) is 27.6 Å². The first-order chi connectivity index (χ1) is 11.8. The number of hydrogen-bond donors (Lipinski definition) is 4. The van der Waals surface area contributed by atoms with Gasteiger partial charge in [-0.05, 0) is 18.2 Å². The molecule has 0 radical (unpaired) electrons. The van der Waals surface area contributed by atoms with E-state index in [9.17, 15) is 36.0 Å². The molecule has 1 aromatic carbocycles. The van der Waals surface area contributed by atoms with E-state index in [4.69, 9.17) is 0 Å². The van der Waals surface area contributed by atoms with Crippen molar-refractivity contribution in [1.82, 2.24) is 9.44 Å². The largest absolute Gasteiger partial charge is 0.323 e. The van der Waals surface area contributed by atoms with E-state index in [1.54, 1.807) is 0 Å². The minimum atomic E-state index is -3.92. The number of anilines is 2. The summed E-state index contributed by atoms with van der Waals surface area (Å²) >= 11 is 0. The minimum Gasteiger partial charge on any atom is -0.318 e. The molecule has 0 aliphatic heterocycles. The predicted molar refractivity (Wildman–Crippen MR) is 89.7 cm³/mol. The van der Waals surface area contributed by atoms with Gasteiger partial charge in [-0.25, -0.2) is 26.3 Å². The van der Waals surface area contributed by atoms with Crippen molar-refractivity contribution in [1.29, 1.82) is 0 Å². The lowest BCUT2D eigenvalue weighted by Crippen LogP contribution is -2.39. The molecule has 0 fully saturated rings. The van der Waals surface area contributed by atoms with Gasteiger partial charge in [0, 0.05) is 11.4 Å². The molecule has 4 amide bonds. The quantitative estimate of drug-likeness (QED) is 0.403. The molecule has 0 aliphatic carbocycles. The molecule has 0 saturated heterocycles. The third-order valence-electron chi connectivity index (χ3n) is 2.35. The summed E-state index contributed by atoms with van der Waals surface area (Å²) in [7, 11) is -7.84. The van der Waals surface area contributed by atoms with Gasteiger partial charge in [0.15, 0.2) is 0 Å². The fourth-order valence-electron chi connectivity index (χ4n) is 1.48. The van der Waals surface area contributed by atoms with Gasteiger partial charge in [-0.2, -0.15) is 0 Å². The van der Waals surface area contributed by atoms with Crippen molar-refractivity contribution in [3.05, 3.63) is 24.3 Å². The second-order valence-electron chi connectivity index (χ2n) is 4.90. The van der Waals surface area contributed by atoms with Gasteiger partial charge in [-0.3, -0.25) is 19.2 Å². The fourth-order valence-corrected chi connectivity index (χ4v) is 2.34. The van der Waals surface area contributed by atoms with Crippen LogP contribution in [-0.2, 0) is 39.2 Å². The van der Waals surface area contributed by atoms with E-state index in [1.807, 2.05) is 0 Å². The molecule has 1 rings (SSSR count). The van der Waals surface area contributed by atoms with Crippen molar-refractivity contribution >= 4 is 55.1 Å². The van der Waals surface area contributed by atoms with Gasteiger partial charge in [0.05, 0.1) is 12.5 Å². The van der Waals surface area contributed by atoms with Crippen molar-refractivity contribution in [3.63, 3.8) is 0 Å². The molecule has 26 heavy (non-hydrogen) atoms. The molecule has 14 heteroatoms. The molecule has 0 atom stereocenters. The Labute approximate surface area is 148 Å². The second-order valence-corrected chi connectivity index (χ2v) is 8.39. The van der Waals surface area contributed by atoms with Gasteiger partial charge in [0.2, 0.25) is 20.0 Å². The van der Waals surface area contributed by atoms with Crippen LogP contribution in [0.25, 0.3) is 0 Å². The lowest BCUT2D eigenvalue weighted by atomic mass is 10.2. The molecular weight excluding hydrogens is 392 g/mol. The third kappa shape index (κ3) is 7.71. The highest BCUT2D eigenvalue weighted by Gasteiger charge is 2.19. The molecule has 0 spiro atoms. The highest BCUT2D eigenvalue weighted by atomic mass is 32.2. The number of nitrogens with one attached hydrogen (secondary N) is 4. The minimum absolute atomic E-state index is 0.0000257. The summed E-state index contributed by atoms with van der Waals surface area (Å²) in [6, 6.07) is 5.13. The standard InChI is InChI=1S/C12H14N4O8S2/c1-25(21,22)15-11(19)9(17)13-7-4-3-5-8(6-7)14-10(18)12(20)16-26(2,23)24/h3-6H,1-2H3,(H,13,17)(H,14,18)(H,15,19)(H,16,20). The Hall–Kier alpha value is -3.00. The summed E-state index contributed by atoms with van der Waals surface area (Å²) in [6.07, 6.45) is 1.38. The molecule has 12 nitrogen and oxygen atoms in total. The van der Waals surface area contributed by atoms with Crippen LogP contribution in [0, 0.1) is 0 Å². The van der Waals surface area contributed by atoms with Gasteiger partial charge < -0.3 is 10.6 Å². The Morgan fingerprint density at radius 3 is 1.35 bits per heavy atom. The summed E-state index contributed by atoms with van der Waals surface area (Å²) in [5, 5.41) is 4.16. The normalized spacial score (nSPS) is 11.2. The molecule has 0 saturated carbocycles. The van der Waals surface area contributed by atoms with Crippen LogP contribution in [0.2, 0.25) is 0 Å². The summed E-state index contributed by atoms with van der Waals surface area (Å²) in [4.78, 5) is 45.9. The Morgan fingerprint density at radius 2 is 1.04 bits per heavy atom. The fraction of sp³-hybridized carbons (Fsp3) is 0.167. The number of benzene rings is 1. The first kappa shape index (κ1) is 21.0. The number of sulfonamides is 2. The predicted octanol–water partition coefficient (Wildman–Crippen LogP) is -2.28. The van der Waals surface area contributed by atoms with Crippen molar-refractivity contribution in [3.8, 4) is 0 Å². The topological polar surface area (TPSA) is 185 Å². The van der Waals surface area contributed by atoms with Gasteiger partial charge >= 0.3 is 23.6 Å². The Bertz CT molecular complexity index is 893. The van der Waals surface area contributed by atoms with Crippen molar-refractivity contribution < 1.29 is 36.0 Å². The lowest BCUT2D eigenvalue weighted by Gasteiger charge is -2.08. The molecule has 0 aliphatic rings. The number of carbonyl (C=O) groups excluding carboxylic acids is 4. The third-order valence-corrected chi connectivity index (χ3v) is 3.46. The van der Waals surface area contributed by atoms with Gasteiger partial charge in [-0.15, -0.1) is 0 Å².